The van der Waals surface area contributed by atoms with Gasteiger partial charge < -0.3 is 0 Å². The maximum atomic E-state index is 12.2. The zero-order valence-corrected chi connectivity index (χ0v) is 18.2. The molecule has 1 N–H and O–H groups in total. The fraction of sp³-hybridized carbons (Fsp3) is 0.136. The molecule has 4 aromatic heterocycles. The molecule has 5 rings (SSSR count). The molecule has 9 heteroatoms. The van der Waals surface area contributed by atoms with Crippen LogP contribution in [0, 0.1) is 6.57 Å². The molecule has 0 aliphatic heterocycles. The Labute approximate surface area is 185 Å². The van der Waals surface area contributed by atoms with Crippen LogP contribution in [0.2, 0.25) is 5.02 Å². The number of aromatic nitrogens is 5. The Morgan fingerprint density at radius 1 is 1.23 bits per heavy atom. The highest BCUT2D eigenvalue weighted by atomic mass is 35.5. The van der Waals surface area contributed by atoms with Crippen LogP contribution in [-0.2, 0) is 13.5 Å². The Kier molecular flexibility index (Phi) is 4.58. The van der Waals surface area contributed by atoms with Crippen LogP contribution >= 0.6 is 22.9 Å². The van der Waals surface area contributed by atoms with Crippen molar-refractivity contribution in [3.8, 4) is 21.7 Å². The Bertz CT molecular complexity index is 1590. The molecular formula is C22H15ClN6OS. The Morgan fingerprint density at radius 2 is 2.06 bits per heavy atom. The summed E-state index contributed by atoms with van der Waals surface area (Å²) in [5.74, 6) is 0. The number of hydrogen-bond donors (Lipinski definition) is 1. The standard InChI is InChI=1S/C22H15ClN6OS/c1-4-17-14-7-11(5-6-13(14)21(30)28-27-17)16-10-26-29(3)19(16)20-18(24-2)15-8-12(23)9-25-22(15)31-20/h5-10H,4H2,1,3H3,(H,28,30). The number of hydrogen-bond acceptors (Lipinski definition) is 5. The van der Waals surface area contributed by atoms with E-state index in [4.69, 9.17) is 18.2 Å². The smallest absolute Gasteiger partial charge is 0.268 e. The first kappa shape index (κ1) is 19.4. The van der Waals surface area contributed by atoms with E-state index in [0.717, 1.165) is 43.0 Å². The van der Waals surface area contributed by atoms with Crippen LogP contribution in [-0.4, -0.2) is 25.0 Å². The van der Waals surface area contributed by atoms with E-state index in [1.54, 1.807) is 23.1 Å². The molecule has 1 aromatic carbocycles. The van der Waals surface area contributed by atoms with Crippen molar-refractivity contribution < 1.29 is 0 Å². The van der Waals surface area contributed by atoms with Gasteiger partial charge in [-0.15, -0.1) is 11.3 Å². The fourth-order valence-electron chi connectivity index (χ4n) is 3.79. The summed E-state index contributed by atoms with van der Waals surface area (Å²) in [6, 6.07) is 7.45. The average Bonchev–Trinajstić information content (AvgIpc) is 3.33. The summed E-state index contributed by atoms with van der Waals surface area (Å²) in [7, 11) is 1.85. The van der Waals surface area contributed by atoms with Crippen molar-refractivity contribution in [3.63, 3.8) is 0 Å². The highest BCUT2D eigenvalue weighted by Gasteiger charge is 2.22. The summed E-state index contributed by atoms with van der Waals surface area (Å²) < 4.78 is 1.76. The minimum atomic E-state index is -0.215. The molecular weight excluding hydrogens is 432 g/mol. The number of rotatable bonds is 3. The van der Waals surface area contributed by atoms with Gasteiger partial charge in [0.15, 0.2) is 0 Å². The van der Waals surface area contributed by atoms with Gasteiger partial charge in [0.05, 0.1) is 39.4 Å². The van der Waals surface area contributed by atoms with Gasteiger partial charge in [-0.2, -0.15) is 10.2 Å². The van der Waals surface area contributed by atoms with Gasteiger partial charge in [0.2, 0.25) is 5.69 Å². The largest absolute Gasteiger partial charge is 0.272 e. The fourth-order valence-corrected chi connectivity index (χ4v) is 5.10. The van der Waals surface area contributed by atoms with Crippen LogP contribution in [0.15, 0.2) is 41.5 Å². The Hall–Kier alpha value is -3.54. The van der Waals surface area contributed by atoms with Gasteiger partial charge in [-0.25, -0.2) is 14.9 Å². The van der Waals surface area contributed by atoms with Crippen molar-refractivity contribution in [1.29, 1.82) is 0 Å². The lowest BCUT2D eigenvalue weighted by Gasteiger charge is -2.08. The molecule has 0 bridgehead atoms. The van der Waals surface area contributed by atoms with Gasteiger partial charge in [-0.3, -0.25) is 9.48 Å². The first-order valence-corrected chi connectivity index (χ1v) is 10.7. The van der Waals surface area contributed by atoms with Crippen molar-refractivity contribution in [2.24, 2.45) is 7.05 Å². The molecule has 0 aliphatic carbocycles. The van der Waals surface area contributed by atoms with Crippen molar-refractivity contribution in [1.82, 2.24) is 25.0 Å². The molecule has 0 saturated heterocycles. The number of benzene rings is 1. The normalized spacial score (nSPS) is 11.3. The monoisotopic (exact) mass is 446 g/mol. The number of fused-ring (bicyclic) bond motifs is 2. The molecule has 7 nitrogen and oxygen atoms in total. The van der Waals surface area contributed by atoms with Crippen LogP contribution in [0.3, 0.4) is 0 Å². The highest BCUT2D eigenvalue weighted by molar-refractivity contribution is 7.22. The van der Waals surface area contributed by atoms with Crippen LogP contribution in [0.25, 0.3) is 47.5 Å². The van der Waals surface area contributed by atoms with Crippen LogP contribution in [0.5, 0.6) is 0 Å². The van der Waals surface area contributed by atoms with Crippen molar-refractivity contribution in [2.45, 2.75) is 13.3 Å². The summed E-state index contributed by atoms with van der Waals surface area (Å²) >= 11 is 7.56. The van der Waals surface area contributed by atoms with E-state index in [1.807, 2.05) is 32.2 Å². The summed E-state index contributed by atoms with van der Waals surface area (Å²) in [5.41, 5.74) is 3.71. The predicted octanol–water partition coefficient (Wildman–Crippen LogP) is 5.37. The van der Waals surface area contributed by atoms with E-state index >= 15 is 0 Å². The highest BCUT2D eigenvalue weighted by Crippen LogP contribution is 2.47. The third-order valence-electron chi connectivity index (χ3n) is 5.27. The molecule has 0 amide bonds. The molecule has 0 fully saturated rings. The number of nitrogens with one attached hydrogen (secondary N) is 1. The van der Waals surface area contributed by atoms with E-state index in [9.17, 15) is 4.79 Å². The number of nitrogens with zero attached hydrogens (tertiary/aromatic N) is 5. The molecule has 5 aromatic rings. The lowest BCUT2D eigenvalue weighted by Crippen LogP contribution is -2.10. The third kappa shape index (κ3) is 3.02. The van der Waals surface area contributed by atoms with E-state index < -0.39 is 0 Å². The zero-order chi connectivity index (χ0) is 21.7. The summed E-state index contributed by atoms with van der Waals surface area (Å²) in [6.45, 7) is 9.77. The Morgan fingerprint density at radius 3 is 2.84 bits per heavy atom. The van der Waals surface area contributed by atoms with Gasteiger partial charge in [0, 0.05) is 29.6 Å². The molecule has 0 unspecified atom stereocenters. The second kappa shape index (κ2) is 7.30. The van der Waals surface area contributed by atoms with Gasteiger partial charge in [-0.05, 0) is 30.2 Å². The van der Waals surface area contributed by atoms with Crippen molar-refractivity contribution in [3.05, 3.63) is 69.1 Å². The lowest BCUT2D eigenvalue weighted by atomic mass is 10.00. The first-order valence-electron chi connectivity index (χ1n) is 9.51. The van der Waals surface area contributed by atoms with E-state index in [-0.39, 0.29) is 5.56 Å². The van der Waals surface area contributed by atoms with Gasteiger partial charge in [0.25, 0.3) is 5.56 Å². The number of thiophene rings is 1. The predicted molar refractivity (Wildman–Crippen MR) is 124 cm³/mol. The molecule has 152 valence electrons. The van der Waals surface area contributed by atoms with Crippen LogP contribution < -0.4 is 5.56 Å². The molecule has 0 spiro atoms. The second-order valence-corrected chi connectivity index (χ2v) is 8.48. The quantitative estimate of drug-likeness (QED) is 0.378. The van der Waals surface area contributed by atoms with Crippen molar-refractivity contribution >= 4 is 49.6 Å². The maximum absolute atomic E-state index is 12.2. The summed E-state index contributed by atoms with van der Waals surface area (Å²) in [6.07, 6.45) is 4.06. The first-order chi connectivity index (χ1) is 15.0. The second-order valence-electron chi connectivity index (χ2n) is 7.04. The molecule has 4 heterocycles. The van der Waals surface area contributed by atoms with Gasteiger partial charge >= 0.3 is 0 Å². The van der Waals surface area contributed by atoms with E-state index in [2.05, 4.69) is 25.1 Å². The average molecular weight is 447 g/mol. The zero-order valence-electron chi connectivity index (χ0n) is 16.6. The SMILES string of the molecule is [C-]#[N+]c1c(-c2c(-c3ccc4c(=O)[nH]nc(CC)c4c3)cnn2C)sc2ncc(Cl)cc12. The van der Waals surface area contributed by atoms with Crippen LogP contribution in [0.4, 0.5) is 5.69 Å². The number of H-pyrrole nitrogens is 1. The van der Waals surface area contributed by atoms with Crippen LogP contribution in [0.1, 0.15) is 12.6 Å². The molecule has 0 atom stereocenters. The minimum absolute atomic E-state index is 0.215. The van der Waals surface area contributed by atoms with E-state index in [0.29, 0.717) is 22.5 Å². The topological polar surface area (TPSA) is 80.8 Å². The Balaban J connectivity index is 1.79. The number of pyridine rings is 1. The molecule has 0 saturated carbocycles. The lowest BCUT2D eigenvalue weighted by molar-refractivity contribution is 0.777. The molecule has 31 heavy (non-hydrogen) atoms. The van der Waals surface area contributed by atoms with Crippen molar-refractivity contribution in [2.75, 3.05) is 0 Å². The van der Waals surface area contributed by atoms with Gasteiger partial charge in [0.1, 0.15) is 4.83 Å². The number of halogens is 1. The van der Waals surface area contributed by atoms with Gasteiger partial charge in [-0.1, -0.05) is 24.6 Å². The summed E-state index contributed by atoms with van der Waals surface area (Å²) in [5, 5.41) is 13.9. The number of aryl methyl sites for hydroxylation is 2. The number of aromatic amines is 1. The summed E-state index contributed by atoms with van der Waals surface area (Å²) in [4.78, 5) is 21.9. The molecule has 0 radical (unpaired) electrons. The third-order valence-corrected chi connectivity index (χ3v) is 6.58. The van der Waals surface area contributed by atoms with E-state index in [1.165, 1.54) is 11.3 Å². The molecule has 0 aliphatic rings. The maximum Gasteiger partial charge on any atom is 0.272 e. The minimum Gasteiger partial charge on any atom is -0.268 e.